The summed E-state index contributed by atoms with van der Waals surface area (Å²) in [5, 5.41) is 6.74. The SMILES string of the molecule is COc1cccc(C=NNC(=O)C2C(=O)NCC2c2ccccc2)c1OC. The van der Waals surface area contributed by atoms with E-state index in [2.05, 4.69) is 15.8 Å². The van der Waals surface area contributed by atoms with E-state index in [9.17, 15) is 9.59 Å². The Morgan fingerprint density at radius 3 is 2.63 bits per heavy atom. The maximum absolute atomic E-state index is 12.6. The van der Waals surface area contributed by atoms with Gasteiger partial charge in [0, 0.05) is 18.0 Å². The summed E-state index contributed by atoms with van der Waals surface area (Å²) in [5.74, 6) is -0.713. The molecule has 2 N–H and O–H groups in total. The van der Waals surface area contributed by atoms with Crippen molar-refractivity contribution >= 4 is 18.0 Å². The third-order valence-corrected chi connectivity index (χ3v) is 4.50. The van der Waals surface area contributed by atoms with Crippen LogP contribution in [-0.4, -0.2) is 38.8 Å². The maximum Gasteiger partial charge on any atom is 0.253 e. The van der Waals surface area contributed by atoms with Crippen LogP contribution in [0.2, 0.25) is 0 Å². The molecule has 1 fully saturated rings. The van der Waals surface area contributed by atoms with Crippen molar-refractivity contribution in [3.8, 4) is 11.5 Å². The van der Waals surface area contributed by atoms with Crippen molar-refractivity contribution in [3.05, 3.63) is 59.7 Å². The average molecular weight is 367 g/mol. The fourth-order valence-corrected chi connectivity index (χ4v) is 3.18. The molecule has 1 aliphatic rings. The van der Waals surface area contributed by atoms with Gasteiger partial charge >= 0.3 is 0 Å². The minimum Gasteiger partial charge on any atom is -0.493 e. The first-order valence-electron chi connectivity index (χ1n) is 8.52. The summed E-state index contributed by atoms with van der Waals surface area (Å²) < 4.78 is 10.6. The highest BCUT2D eigenvalue weighted by Crippen LogP contribution is 2.30. The molecule has 7 heteroatoms. The number of para-hydroxylation sites is 1. The van der Waals surface area contributed by atoms with Crippen LogP contribution in [0.15, 0.2) is 53.6 Å². The molecule has 0 spiro atoms. The summed E-state index contributed by atoms with van der Waals surface area (Å²) in [4.78, 5) is 24.7. The molecular weight excluding hydrogens is 346 g/mol. The molecule has 0 aliphatic carbocycles. The number of benzene rings is 2. The van der Waals surface area contributed by atoms with Crippen molar-refractivity contribution in [2.45, 2.75) is 5.92 Å². The molecule has 7 nitrogen and oxygen atoms in total. The van der Waals surface area contributed by atoms with Crippen LogP contribution in [0.3, 0.4) is 0 Å². The quantitative estimate of drug-likeness (QED) is 0.462. The molecule has 2 aromatic carbocycles. The number of nitrogens with one attached hydrogen (secondary N) is 2. The molecule has 1 heterocycles. The summed E-state index contributed by atoms with van der Waals surface area (Å²) in [7, 11) is 3.07. The molecule has 2 atom stereocenters. The van der Waals surface area contributed by atoms with Crippen molar-refractivity contribution < 1.29 is 19.1 Å². The Bertz CT molecular complexity index is 852. The van der Waals surface area contributed by atoms with Gasteiger partial charge in [0.15, 0.2) is 11.5 Å². The van der Waals surface area contributed by atoms with Gasteiger partial charge in [-0.3, -0.25) is 9.59 Å². The van der Waals surface area contributed by atoms with Crippen molar-refractivity contribution in [1.82, 2.24) is 10.7 Å². The van der Waals surface area contributed by atoms with Crippen LogP contribution in [0, 0.1) is 5.92 Å². The summed E-state index contributed by atoms with van der Waals surface area (Å²) in [6.45, 7) is 0.425. The fourth-order valence-electron chi connectivity index (χ4n) is 3.18. The summed E-state index contributed by atoms with van der Waals surface area (Å²) in [6, 6.07) is 14.8. The lowest BCUT2D eigenvalue weighted by molar-refractivity contribution is -0.133. The number of hydrazone groups is 1. The van der Waals surface area contributed by atoms with Gasteiger partial charge in [0.05, 0.1) is 20.4 Å². The fraction of sp³-hybridized carbons (Fsp3) is 0.250. The number of carbonyl (C=O) groups is 2. The predicted molar refractivity (Wildman–Crippen MR) is 101 cm³/mol. The zero-order valence-corrected chi connectivity index (χ0v) is 15.1. The molecular formula is C20H21N3O4. The van der Waals surface area contributed by atoms with E-state index in [0.717, 1.165) is 5.56 Å². The molecule has 27 heavy (non-hydrogen) atoms. The lowest BCUT2D eigenvalue weighted by atomic mass is 9.88. The normalized spacial score (nSPS) is 19.0. The van der Waals surface area contributed by atoms with Gasteiger partial charge in [-0.15, -0.1) is 0 Å². The van der Waals surface area contributed by atoms with Crippen LogP contribution < -0.4 is 20.2 Å². The molecule has 0 radical (unpaired) electrons. The second-order valence-electron chi connectivity index (χ2n) is 6.06. The molecule has 1 aliphatic heterocycles. The number of methoxy groups -OCH3 is 2. The highest BCUT2D eigenvalue weighted by atomic mass is 16.5. The number of amides is 2. The predicted octanol–water partition coefficient (Wildman–Crippen LogP) is 1.68. The van der Waals surface area contributed by atoms with Gasteiger partial charge in [-0.25, -0.2) is 5.43 Å². The van der Waals surface area contributed by atoms with Gasteiger partial charge in [-0.05, 0) is 17.7 Å². The standard InChI is InChI=1S/C20H21N3O4/c1-26-16-10-6-9-14(18(16)27-2)11-22-23-20(25)17-15(12-21-19(17)24)13-7-4-3-5-8-13/h3-11,15,17H,12H2,1-2H3,(H,21,24)(H,23,25). The zero-order chi connectivity index (χ0) is 19.2. The van der Waals surface area contributed by atoms with Crippen LogP contribution in [0.4, 0.5) is 0 Å². The van der Waals surface area contributed by atoms with Crippen molar-refractivity contribution in [3.63, 3.8) is 0 Å². The van der Waals surface area contributed by atoms with Crippen molar-refractivity contribution in [2.24, 2.45) is 11.0 Å². The van der Waals surface area contributed by atoms with Crippen LogP contribution in [0.1, 0.15) is 17.0 Å². The van der Waals surface area contributed by atoms with E-state index in [1.54, 1.807) is 25.3 Å². The second-order valence-corrected chi connectivity index (χ2v) is 6.06. The lowest BCUT2D eigenvalue weighted by Crippen LogP contribution is -2.34. The number of rotatable bonds is 6. The Kier molecular flexibility index (Phi) is 5.71. The Labute approximate surface area is 157 Å². The Morgan fingerprint density at radius 2 is 1.93 bits per heavy atom. The van der Waals surface area contributed by atoms with E-state index in [4.69, 9.17) is 9.47 Å². The smallest absolute Gasteiger partial charge is 0.253 e. The molecule has 0 aromatic heterocycles. The van der Waals surface area contributed by atoms with E-state index in [1.165, 1.54) is 13.3 Å². The van der Waals surface area contributed by atoms with Gasteiger partial charge in [-0.1, -0.05) is 36.4 Å². The highest BCUT2D eigenvalue weighted by Gasteiger charge is 2.40. The molecule has 3 rings (SSSR count). The average Bonchev–Trinajstić information content (AvgIpc) is 3.09. The third kappa shape index (κ3) is 3.92. The van der Waals surface area contributed by atoms with E-state index in [1.807, 2.05) is 30.3 Å². The molecule has 140 valence electrons. The van der Waals surface area contributed by atoms with E-state index >= 15 is 0 Å². The first-order valence-corrected chi connectivity index (χ1v) is 8.52. The van der Waals surface area contributed by atoms with Crippen molar-refractivity contribution in [1.29, 1.82) is 0 Å². The second kappa shape index (κ2) is 8.35. The maximum atomic E-state index is 12.6. The monoisotopic (exact) mass is 367 g/mol. The number of carbonyl (C=O) groups excluding carboxylic acids is 2. The third-order valence-electron chi connectivity index (χ3n) is 4.50. The summed E-state index contributed by atoms with van der Waals surface area (Å²) >= 11 is 0. The first kappa shape index (κ1) is 18.4. The molecule has 1 saturated heterocycles. The number of hydrogen-bond acceptors (Lipinski definition) is 5. The lowest BCUT2D eigenvalue weighted by Gasteiger charge is -2.15. The van der Waals surface area contributed by atoms with Crippen LogP contribution in [0.5, 0.6) is 11.5 Å². The molecule has 2 aromatic rings. The van der Waals surface area contributed by atoms with Gasteiger partial charge in [0.25, 0.3) is 5.91 Å². The zero-order valence-electron chi connectivity index (χ0n) is 15.1. The Morgan fingerprint density at radius 1 is 1.15 bits per heavy atom. The van der Waals surface area contributed by atoms with Gasteiger partial charge in [0.2, 0.25) is 5.91 Å². The number of hydrogen-bond donors (Lipinski definition) is 2. The van der Waals surface area contributed by atoms with Gasteiger partial charge < -0.3 is 14.8 Å². The summed E-state index contributed by atoms with van der Waals surface area (Å²) in [6.07, 6.45) is 1.46. The van der Waals surface area contributed by atoms with E-state index in [-0.39, 0.29) is 11.8 Å². The molecule has 2 amide bonds. The van der Waals surface area contributed by atoms with Crippen LogP contribution >= 0.6 is 0 Å². The first-order chi connectivity index (χ1) is 13.2. The highest BCUT2D eigenvalue weighted by molar-refractivity contribution is 6.03. The van der Waals surface area contributed by atoms with E-state index in [0.29, 0.717) is 23.6 Å². The Balaban J connectivity index is 1.73. The van der Waals surface area contributed by atoms with Gasteiger partial charge in [0.1, 0.15) is 5.92 Å². The molecule has 2 unspecified atom stereocenters. The number of ether oxygens (including phenoxy) is 2. The Hall–Kier alpha value is -3.35. The van der Waals surface area contributed by atoms with E-state index < -0.39 is 11.8 Å². The number of nitrogens with zero attached hydrogens (tertiary/aromatic N) is 1. The topological polar surface area (TPSA) is 89.0 Å². The van der Waals surface area contributed by atoms with Crippen LogP contribution in [0.25, 0.3) is 0 Å². The van der Waals surface area contributed by atoms with Crippen molar-refractivity contribution in [2.75, 3.05) is 20.8 Å². The minimum absolute atomic E-state index is 0.222. The largest absolute Gasteiger partial charge is 0.493 e. The molecule has 0 saturated carbocycles. The van der Waals surface area contributed by atoms with Gasteiger partial charge in [-0.2, -0.15) is 5.10 Å². The summed E-state index contributed by atoms with van der Waals surface area (Å²) in [5.41, 5.74) is 4.05. The van der Waals surface area contributed by atoms with Crippen LogP contribution in [-0.2, 0) is 9.59 Å². The minimum atomic E-state index is -0.822. The molecule has 0 bridgehead atoms.